The van der Waals surface area contributed by atoms with Crippen LogP contribution in [-0.4, -0.2) is 42.8 Å². The molecule has 17 heavy (non-hydrogen) atoms. The Balaban J connectivity index is 2.27. The third-order valence-corrected chi connectivity index (χ3v) is 3.06. The lowest BCUT2D eigenvalue weighted by atomic mass is 10.2. The van der Waals surface area contributed by atoms with Crippen molar-refractivity contribution in [3.63, 3.8) is 0 Å². The number of morpholine rings is 1. The fourth-order valence-corrected chi connectivity index (χ4v) is 2.11. The molecule has 1 aromatic rings. The number of ether oxygens (including phenoxy) is 1. The molecular formula is C12H20N4O. The van der Waals surface area contributed by atoms with Gasteiger partial charge in [0.2, 0.25) is 5.95 Å². The molecule has 0 saturated carbocycles. The monoisotopic (exact) mass is 236 g/mol. The predicted octanol–water partition coefficient (Wildman–Crippen LogP) is 1.44. The van der Waals surface area contributed by atoms with Gasteiger partial charge in [0, 0.05) is 25.4 Å². The van der Waals surface area contributed by atoms with E-state index in [1.54, 1.807) is 0 Å². The summed E-state index contributed by atoms with van der Waals surface area (Å²) in [5.41, 5.74) is 0.987. The SMILES string of the molecule is CCC1COCCN1c1cc(C)nc(NC)n1. The van der Waals surface area contributed by atoms with Gasteiger partial charge >= 0.3 is 0 Å². The molecule has 1 unspecified atom stereocenters. The van der Waals surface area contributed by atoms with Crippen LogP contribution in [0.4, 0.5) is 11.8 Å². The van der Waals surface area contributed by atoms with Crippen molar-refractivity contribution >= 4 is 11.8 Å². The van der Waals surface area contributed by atoms with Crippen LogP contribution in [0.1, 0.15) is 19.0 Å². The van der Waals surface area contributed by atoms with Crippen molar-refractivity contribution in [1.29, 1.82) is 0 Å². The molecule has 0 amide bonds. The van der Waals surface area contributed by atoms with Crippen LogP contribution in [0.3, 0.4) is 0 Å². The highest BCUT2D eigenvalue weighted by molar-refractivity contribution is 5.45. The average molecular weight is 236 g/mol. The van der Waals surface area contributed by atoms with Gasteiger partial charge in [0.25, 0.3) is 0 Å². The first-order chi connectivity index (χ1) is 8.24. The first kappa shape index (κ1) is 12.1. The Hall–Kier alpha value is -1.36. The number of anilines is 2. The molecule has 1 aliphatic heterocycles. The zero-order valence-corrected chi connectivity index (χ0v) is 10.7. The van der Waals surface area contributed by atoms with Gasteiger partial charge in [-0.1, -0.05) is 6.92 Å². The Morgan fingerprint density at radius 3 is 3.06 bits per heavy atom. The van der Waals surface area contributed by atoms with E-state index in [1.807, 2.05) is 20.0 Å². The highest BCUT2D eigenvalue weighted by Gasteiger charge is 2.23. The van der Waals surface area contributed by atoms with Crippen molar-refractivity contribution in [3.8, 4) is 0 Å². The molecule has 0 spiro atoms. The van der Waals surface area contributed by atoms with Gasteiger partial charge < -0.3 is 15.0 Å². The zero-order chi connectivity index (χ0) is 12.3. The molecule has 0 bridgehead atoms. The van der Waals surface area contributed by atoms with Crippen molar-refractivity contribution in [2.24, 2.45) is 0 Å². The van der Waals surface area contributed by atoms with Crippen LogP contribution in [0.5, 0.6) is 0 Å². The number of aromatic nitrogens is 2. The van der Waals surface area contributed by atoms with Crippen molar-refractivity contribution in [2.45, 2.75) is 26.3 Å². The van der Waals surface area contributed by atoms with Crippen LogP contribution >= 0.6 is 0 Å². The summed E-state index contributed by atoms with van der Waals surface area (Å²) in [5.74, 6) is 1.68. The maximum Gasteiger partial charge on any atom is 0.224 e. The maximum atomic E-state index is 5.51. The lowest BCUT2D eigenvalue weighted by molar-refractivity contribution is 0.0925. The van der Waals surface area contributed by atoms with Crippen LogP contribution in [0.25, 0.3) is 0 Å². The van der Waals surface area contributed by atoms with E-state index in [1.165, 1.54) is 0 Å². The number of hydrogen-bond donors (Lipinski definition) is 1. The Morgan fingerprint density at radius 1 is 1.53 bits per heavy atom. The molecule has 94 valence electrons. The summed E-state index contributed by atoms with van der Waals surface area (Å²) < 4.78 is 5.51. The Bertz CT molecular complexity index is 383. The molecule has 0 radical (unpaired) electrons. The van der Waals surface area contributed by atoms with Gasteiger partial charge in [-0.25, -0.2) is 4.98 Å². The van der Waals surface area contributed by atoms with E-state index in [2.05, 4.69) is 27.1 Å². The second-order valence-corrected chi connectivity index (χ2v) is 4.27. The summed E-state index contributed by atoms with van der Waals surface area (Å²) in [6.45, 7) is 6.63. The largest absolute Gasteiger partial charge is 0.377 e. The predicted molar refractivity (Wildman–Crippen MR) is 68.6 cm³/mol. The number of rotatable bonds is 3. The van der Waals surface area contributed by atoms with E-state index < -0.39 is 0 Å². The smallest absolute Gasteiger partial charge is 0.224 e. The summed E-state index contributed by atoms with van der Waals surface area (Å²) in [5, 5.41) is 3.00. The summed E-state index contributed by atoms with van der Waals surface area (Å²) >= 11 is 0. The van der Waals surface area contributed by atoms with Gasteiger partial charge in [0.15, 0.2) is 0 Å². The molecule has 1 atom stereocenters. The second-order valence-electron chi connectivity index (χ2n) is 4.27. The fraction of sp³-hybridized carbons (Fsp3) is 0.667. The maximum absolute atomic E-state index is 5.51. The summed E-state index contributed by atoms with van der Waals surface area (Å²) in [6, 6.07) is 2.46. The standard InChI is InChI=1S/C12H20N4O/c1-4-10-8-17-6-5-16(10)11-7-9(2)14-12(13-3)15-11/h7,10H,4-6,8H2,1-3H3,(H,13,14,15). The first-order valence-corrected chi connectivity index (χ1v) is 6.12. The van der Waals surface area contributed by atoms with E-state index in [0.717, 1.165) is 37.7 Å². The Kier molecular flexibility index (Phi) is 3.78. The van der Waals surface area contributed by atoms with Crippen LogP contribution in [0, 0.1) is 6.92 Å². The normalized spacial score (nSPS) is 20.4. The van der Waals surface area contributed by atoms with Crippen LogP contribution in [-0.2, 0) is 4.74 Å². The highest BCUT2D eigenvalue weighted by Crippen LogP contribution is 2.21. The Labute approximate surface area is 102 Å². The van der Waals surface area contributed by atoms with Crippen LogP contribution < -0.4 is 10.2 Å². The summed E-state index contributed by atoms with van der Waals surface area (Å²) in [6.07, 6.45) is 1.07. The van der Waals surface area contributed by atoms with Gasteiger partial charge in [0.1, 0.15) is 5.82 Å². The minimum absolute atomic E-state index is 0.419. The first-order valence-electron chi connectivity index (χ1n) is 6.12. The topological polar surface area (TPSA) is 50.3 Å². The van der Waals surface area contributed by atoms with Crippen molar-refractivity contribution in [2.75, 3.05) is 37.0 Å². The van der Waals surface area contributed by atoms with E-state index in [0.29, 0.717) is 12.0 Å². The third kappa shape index (κ3) is 2.66. The molecular weight excluding hydrogens is 216 g/mol. The molecule has 1 aromatic heterocycles. The minimum atomic E-state index is 0.419. The molecule has 1 saturated heterocycles. The molecule has 5 heteroatoms. The molecule has 2 rings (SSSR count). The van der Waals surface area contributed by atoms with E-state index in [4.69, 9.17) is 4.74 Å². The molecule has 0 aliphatic carbocycles. The molecule has 1 N–H and O–H groups in total. The van der Waals surface area contributed by atoms with Gasteiger partial charge in [-0.2, -0.15) is 4.98 Å². The fourth-order valence-electron chi connectivity index (χ4n) is 2.11. The second kappa shape index (κ2) is 5.31. The minimum Gasteiger partial charge on any atom is -0.377 e. The van der Waals surface area contributed by atoms with Gasteiger partial charge in [0.05, 0.1) is 19.3 Å². The van der Waals surface area contributed by atoms with Gasteiger partial charge in [-0.15, -0.1) is 0 Å². The van der Waals surface area contributed by atoms with E-state index >= 15 is 0 Å². The third-order valence-electron chi connectivity index (χ3n) is 3.06. The van der Waals surface area contributed by atoms with Crippen molar-refractivity contribution in [3.05, 3.63) is 11.8 Å². The highest BCUT2D eigenvalue weighted by atomic mass is 16.5. The van der Waals surface area contributed by atoms with Crippen LogP contribution in [0.15, 0.2) is 6.07 Å². The van der Waals surface area contributed by atoms with Crippen LogP contribution in [0.2, 0.25) is 0 Å². The van der Waals surface area contributed by atoms with Crippen molar-refractivity contribution < 1.29 is 4.74 Å². The van der Waals surface area contributed by atoms with Gasteiger partial charge in [-0.05, 0) is 13.3 Å². The molecule has 5 nitrogen and oxygen atoms in total. The van der Waals surface area contributed by atoms with Crippen molar-refractivity contribution in [1.82, 2.24) is 9.97 Å². The summed E-state index contributed by atoms with van der Waals surface area (Å²) in [4.78, 5) is 11.2. The summed E-state index contributed by atoms with van der Waals surface area (Å²) in [7, 11) is 1.84. The quantitative estimate of drug-likeness (QED) is 0.860. The number of nitrogens with zero attached hydrogens (tertiary/aromatic N) is 3. The molecule has 0 aromatic carbocycles. The average Bonchev–Trinajstić information content (AvgIpc) is 2.37. The number of hydrogen-bond acceptors (Lipinski definition) is 5. The van der Waals surface area contributed by atoms with E-state index in [-0.39, 0.29) is 0 Å². The Morgan fingerprint density at radius 2 is 2.35 bits per heavy atom. The zero-order valence-electron chi connectivity index (χ0n) is 10.7. The molecule has 2 heterocycles. The van der Waals surface area contributed by atoms with Gasteiger partial charge in [-0.3, -0.25) is 0 Å². The molecule has 1 fully saturated rings. The van der Waals surface area contributed by atoms with E-state index in [9.17, 15) is 0 Å². The molecule has 1 aliphatic rings. The lowest BCUT2D eigenvalue weighted by Crippen LogP contribution is -2.45. The lowest BCUT2D eigenvalue weighted by Gasteiger charge is -2.36. The number of nitrogens with one attached hydrogen (secondary N) is 1. The number of aryl methyl sites for hydroxylation is 1.